The number of anilines is 1. The number of halogens is 1. The van der Waals surface area contributed by atoms with Gasteiger partial charge < -0.3 is 4.74 Å². The first kappa shape index (κ1) is 22.3. The molecule has 2 aromatic carbocycles. The molecule has 32 heavy (non-hydrogen) atoms. The van der Waals surface area contributed by atoms with E-state index in [1.54, 1.807) is 11.0 Å². The Morgan fingerprint density at radius 2 is 1.88 bits per heavy atom. The average molecular weight is 450 g/mol. The summed E-state index contributed by atoms with van der Waals surface area (Å²) in [7, 11) is 0. The molecule has 2 aromatic rings. The number of rotatable bonds is 5. The van der Waals surface area contributed by atoms with Gasteiger partial charge in [-0.15, -0.1) is 0 Å². The maximum absolute atomic E-state index is 13.5. The Morgan fingerprint density at radius 1 is 1.16 bits per heavy atom. The Bertz CT molecular complexity index is 1110. The van der Waals surface area contributed by atoms with Crippen LogP contribution in [0.1, 0.15) is 50.2 Å². The SMILES string of the molecule is C=CCOc1ccc(C2CC(=O)N(c3cccc(Cl)c3C)C3=C2C(=O)CC(C)(C)C3)cc1. The minimum atomic E-state index is -0.259. The van der Waals surface area contributed by atoms with Crippen molar-refractivity contribution in [3.05, 3.63) is 82.5 Å². The van der Waals surface area contributed by atoms with Crippen LogP contribution in [0.25, 0.3) is 0 Å². The highest BCUT2D eigenvalue weighted by atomic mass is 35.5. The van der Waals surface area contributed by atoms with Crippen LogP contribution in [0.4, 0.5) is 5.69 Å². The summed E-state index contributed by atoms with van der Waals surface area (Å²) in [5, 5.41) is 0.607. The minimum absolute atomic E-state index is 0.0170. The maximum Gasteiger partial charge on any atom is 0.232 e. The number of ketones is 1. The van der Waals surface area contributed by atoms with E-state index in [1.165, 1.54) is 0 Å². The third-order valence-corrected chi connectivity index (χ3v) is 6.68. The number of carbonyl (C=O) groups excluding carboxylic acids is 2. The Balaban J connectivity index is 1.83. The third kappa shape index (κ3) is 4.12. The van der Waals surface area contributed by atoms with Crippen LogP contribution in [0, 0.1) is 12.3 Å². The van der Waals surface area contributed by atoms with E-state index in [1.807, 2.05) is 49.4 Å². The number of ether oxygens (including phenoxy) is 1. The fourth-order valence-corrected chi connectivity index (χ4v) is 4.94. The zero-order valence-corrected chi connectivity index (χ0v) is 19.5. The van der Waals surface area contributed by atoms with E-state index in [2.05, 4.69) is 20.4 Å². The molecule has 1 heterocycles. The van der Waals surface area contributed by atoms with E-state index in [0.717, 1.165) is 33.8 Å². The molecule has 0 spiro atoms. The van der Waals surface area contributed by atoms with E-state index in [4.69, 9.17) is 16.3 Å². The molecule has 166 valence electrons. The van der Waals surface area contributed by atoms with Crippen molar-refractivity contribution in [1.29, 1.82) is 0 Å². The lowest BCUT2D eigenvalue weighted by Crippen LogP contribution is -2.44. The maximum atomic E-state index is 13.5. The van der Waals surface area contributed by atoms with E-state index in [-0.39, 0.29) is 29.4 Å². The Hall–Kier alpha value is -2.85. The summed E-state index contributed by atoms with van der Waals surface area (Å²) in [5.74, 6) is 0.574. The van der Waals surface area contributed by atoms with Crippen LogP contribution in [-0.2, 0) is 9.59 Å². The van der Waals surface area contributed by atoms with Crippen LogP contribution in [0.5, 0.6) is 5.75 Å². The van der Waals surface area contributed by atoms with Gasteiger partial charge in [0, 0.05) is 35.1 Å². The Morgan fingerprint density at radius 3 is 2.56 bits per heavy atom. The van der Waals surface area contributed by atoms with Gasteiger partial charge in [0.05, 0.1) is 5.69 Å². The molecule has 1 amide bonds. The second-order valence-electron chi connectivity index (χ2n) is 9.34. The number of nitrogens with zero attached hydrogens (tertiary/aromatic N) is 1. The highest BCUT2D eigenvalue weighted by Crippen LogP contribution is 2.49. The molecule has 4 rings (SSSR count). The fourth-order valence-electron chi connectivity index (χ4n) is 4.77. The second kappa shape index (κ2) is 8.59. The van der Waals surface area contributed by atoms with Gasteiger partial charge in [0.1, 0.15) is 12.4 Å². The van der Waals surface area contributed by atoms with Crippen LogP contribution >= 0.6 is 11.6 Å². The third-order valence-electron chi connectivity index (χ3n) is 6.27. The van der Waals surface area contributed by atoms with E-state index in [0.29, 0.717) is 24.5 Å². The van der Waals surface area contributed by atoms with Crippen LogP contribution in [0.15, 0.2) is 66.4 Å². The molecule has 0 bridgehead atoms. The Kier molecular flexibility index (Phi) is 6.00. The first-order valence-electron chi connectivity index (χ1n) is 10.9. The summed E-state index contributed by atoms with van der Waals surface area (Å²) in [6.07, 6.45) is 3.06. The van der Waals surface area contributed by atoms with Gasteiger partial charge in [-0.1, -0.05) is 56.3 Å². The fraction of sp³-hybridized carbons (Fsp3) is 0.333. The number of Topliss-reactive ketones (excluding diaryl/α,β-unsaturated/α-hetero) is 1. The molecule has 2 aliphatic rings. The normalized spacial score (nSPS) is 20.2. The van der Waals surface area contributed by atoms with Crippen molar-refractivity contribution in [2.45, 2.75) is 46.0 Å². The van der Waals surface area contributed by atoms with Gasteiger partial charge in [0.25, 0.3) is 0 Å². The van der Waals surface area contributed by atoms with Crippen LogP contribution in [-0.4, -0.2) is 18.3 Å². The molecular weight excluding hydrogens is 422 g/mol. The summed E-state index contributed by atoms with van der Waals surface area (Å²) in [5.41, 5.74) is 3.89. The molecule has 0 fully saturated rings. The van der Waals surface area contributed by atoms with Crippen LogP contribution in [0.2, 0.25) is 5.02 Å². The van der Waals surface area contributed by atoms with Crippen molar-refractivity contribution in [1.82, 2.24) is 0 Å². The lowest BCUT2D eigenvalue weighted by atomic mass is 9.69. The predicted octanol–water partition coefficient (Wildman–Crippen LogP) is 6.38. The molecule has 0 N–H and O–H groups in total. The van der Waals surface area contributed by atoms with Gasteiger partial charge in [-0.2, -0.15) is 0 Å². The van der Waals surface area contributed by atoms with Gasteiger partial charge in [-0.05, 0) is 54.2 Å². The van der Waals surface area contributed by atoms with Crippen molar-refractivity contribution in [3.8, 4) is 5.75 Å². The largest absolute Gasteiger partial charge is 0.490 e. The van der Waals surface area contributed by atoms with E-state index >= 15 is 0 Å². The van der Waals surface area contributed by atoms with Crippen molar-refractivity contribution in [2.75, 3.05) is 11.5 Å². The second-order valence-corrected chi connectivity index (χ2v) is 9.75. The standard InChI is InChI=1S/C27H28ClNO3/c1-5-13-32-19-11-9-18(10-12-19)20-14-25(31)29(22-8-6-7-21(28)17(22)2)23-15-27(3,4)16-24(30)26(20)23/h5-12,20H,1,13-16H2,2-4H3. The van der Waals surface area contributed by atoms with Gasteiger partial charge in [-0.3, -0.25) is 14.5 Å². The molecule has 0 radical (unpaired) electrons. The number of hydrogen-bond acceptors (Lipinski definition) is 3. The average Bonchev–Trinajstić information content (AvgIpc) is 2.73. The van der Waals surface area contributed by atoms with Crippen molar-refractivity contribution in [2.24, 2.45) is 5.41 Å². The molecule has 1 aliphatic carbocycles. The van der Waals surface area contributed by atoms with Crippen LogP contribution in [0.3, 0.4) is 0 Å². The van der Waals surface area contributed by atoms with Gasteiger partial charge in [0.2, 0.25) is 5.91 Å². The molecule has 0 aromatic heterocycles. The highest BCUT2D eigenvalue weighted by molar-refractivity contribution is 6.31. The quantitative estimate of drug-likeness (QED) is 0.498. The first-order valence-corrected chi connectivity index (χ1v) is 11.3. The topological polar surface area (TPSA) is 46.6 Å². The summed E-state index contributed by atoms with van der Waals surface area (Å²) in [6.45, 7) is 10.2. The number of benzene rings is 2. The van der Waals surface area contributed by atoms with E-state index in [9.17, 15) is 9.59 Å². The number of amides is 1. The smallest absolute Gasteiger partial charge is 0.232 e. The zero-order valence-electron chi connectivity index (χ0n) is 18.8. The van der Waals surface area contributed by atoms with Crippen molar-refractivity contribution in [3.63, 3.8) is 0 Å². The van der Waals surface area contributed by atoms with Gasteiger partial charge in [0.15, 0.2) is 5.78 Å². The molecule has 1 unspecified atom stereocenters. The minimum Gasteiger partial charge on any atom is -0.490 e. The molecule has 5 heteroatoms. The van der Waals surface area contributed by atoms with Gasteiger partial charge in [-0.25, -0.2) is 0 Å². The Labute approximate surface area is 194 Å². The summed E-state index contributed by atoms with van der Waals surface area (Å²) >= 11 is 6.38. The summed E-state index contributed by atoms with van der Waals surface area (Å²) in [4.78, 5) is 28.7. The molecule has 1 aliphatic heterocycles. The molecule has 0 saturated heterocycles. The van der Waals surface area contributed by atoms with Crippen molar-refractivity contribution >= 4 is 29.0 Å². The highest BCUT2D eigenvalue weighted by Gasteiger charge is 2.44. The molecular formula is C27H28ClNO3. The predicted molar refractivity (Wildman–Crippen MR) is 128 cm³/mol. The molecule has 1 atom stereocenters. The monoisotopic (exact) mass is 449 g/mol. The summed E-state index contributed by atoms with van der Waals surface area (Å²) < 4.78 is 5.59. The van der Waals surface area contributed by atoms with Gasteiger partial charge >= 0.3 is 0 Å². The summed E-state index contributed by atoms with van der Waals surface area (Å²) in [6, 6.07) is 13.2. The lowest BCUT2D eigenvalue weighted by Gasteiger charge is -2.43. The number of carbonyl (C=O) groups is 2. The van der Waals surface area contributed by atoms with Crippen LogP contribution < -0.4 is 9.64 Å². The first-order chi connectivity index (χ1) is 15.2. The number of allylic oxidation sites excluding steroid dienone is 2. The van der Waals surface area contributed by atoms with E-state index < -0.39 is 0 Å². The van der Waals surface area contributed by atoms with Crippen molar-refractivity contribution < 1.29 is 14.3 Å². The molecule has 4 nitrogen and oxygen atoms in total. The zero-order chi connectivity index (χ0) is 23.0. The molecule has 0 saturated carbocycles. The number of hydrogen-bond donors (Lipinski definition) is 0. The lowest BCUT2D eigenvalue weighted by molar-refractivity contribution is -0.121.